The third-order valence-corrected chi connectivity index (χ3v) is 5.05. The standard InChI is InChI=1S/C21H44O4/c1-13-21(12,15-18(6,7)23)25-20(10,11)24-19(8,9)16(2,3)14-17(4,5)22/h22-23H,13-15H2,1-12H3. The maximum Gasteiger partial charge on any atom is 0.164 e. The summed E-state index contributed by atoms with van der Waals surface area (Å²) < 4.78 is 12.8. The van der Waals surface area contributed by atoms with Crippen molar-refractivity contribution < 1.29 is 19.7 Å². The highest BCUT2D eigenvalue weighted by atomic mass is 16.7. The van der Waals surface area contributed by atoms with Crippen LogP contribution in [0, 0.1) is 5.41 Å². The van der Waals surface area contributed by atoms with Gasteiger partial charge in [0.05, 0.1) is 22.4 Å². The molecule has 4 heteroatoms. The van der Waals surface area contributed by atoms with Crippen molar-refractivity contribution in [1.82, 2.24) is 0 Å². The van der Waals surface area contributed by atoms with E-state index in [2.05, 4.69) is 20.8 Å². The molecular formula is C21H44O4. The molecule has 0 saturated heterocycles. The van der Waals surface area contributed by atoms with Crippen molar-refractivity contribution in [2.24, 2.45) is 5.41 Å². The lowest BCUT2D eigenvalue weighted by atomic mass is 9.70. The van der Waals surface area contributed by atoms with Gasteiger partial charge in [0, 0.05) is 6.42 Å². The Kier molecular flexibility index (Phi) is 7.41. The maximum atomic E-state index is 10.3. The molecule has 1 unspecified atom stereocenters. The van der Waals surface area contributed by atoms with Gasteiger partial charge in [-0.05, 0) is 80.6 Å². The smallest absolute Gasteiger partial charge is 0.164 e. The zero-order chi connectivity index (χ0) is 20.5. The molecule has 0 spiro atoms. The summed E-state index contributed by atoms with van der Waals surface area (Å²) in [5.74, 6) is -0.823. The SMILES string of the molecule is CCC(C)(CC(C)(C)O)OC(C)(C)OC(C)(C)C(C)(C)CC(C)(C)O. The van der Waals surface area contributed by atoms with Crippen LogP contribution in [0.3, 0.4) is 0 Å². The molecule has 0 heterocycles. The van der Waals surface area contributed by atoms with Gasteiger partial charge in [0.15, 0.2) is 5.79 Å². The maximum absolute atomic E-state index is 10.3. The molecule has 0 aromatic carbocycles. The van der Waals surface area contributed by atoms with Gasteiger partial charge in [-0.1, -0.05) is 20.8 Å². The van der Waals surface area contributed by atoms with E-state index < -0.39 is 28.2 Å². The number of aliphatic hydroxyl groups is 2. The van der Waals surface area contributed by atoms with Crippen LogP contribution in [-0.4, -0.2) is 38.4 Å². The van der Waals surface area contributed by atoms with Crippen molar-refractivity contribution >= 4 is 0 Å². The van der Waals surface area contributed by atoms with E-state index in [1.54, 1.807) is 13.8 Å². The molecule has 152 valence electrons. The van der Waals surface area contributed by atoms with Crippen LogP contribution >= 0.6 is 0 Å². The second-order valence-electron chi connectivity index (χ2n) is 10.8. The minimum absolute atomic E-state index is 0.259. The highest BCUT2D eigenvalue weighted by Gasteiger charge is 2.46. The molecule has 0 aliphatic carbocycles. The van der Waals surface area contributed by atoms with Gasteiger partial charge in [-0.3, -0.25) is 0 Å². The van der Waals surface area contributed by atoms with Gasteiger partial charge >= 0.3 is 0 Å². The van der Waals surface area contributed by atoms with Crippen molar-refractivity contribution in [1.29, 1.82) is 0 Å². The van der Waals surface area contributed by atoms with Crippen LogP contribution in [0.4, 0.5) is 0 Å². The van der Waals surface area contributed by atoms with E-state index in [0.717, 1.165) is 6.42 Å². The van der Waals surface area contributed by atoms with E-state index in [9.17, 15) is 10.2 Å². The molecule has 2 N–H and O–H groups in total. The second-order valence-corrected chi connectivity index (χ2v) is 10.8. The third-order valence-electron chi connectivity index (χ3n) is 5.05. The van der Waals surface area contributed by atoms with Crippen molar-refractivity contribution in [2.45, 2.75) is 131 Å². The Morgan fingerprint density at radius 1 is 0.640 bits per heavy atom. The van der Waals surface area contributed by atoms with Crippen molar-refractivity contribution in [3.63, 3.8) is 0 Å². The summed E-state index contributed by atoms with van der Waals surface area (Å²) in [6.45, 7) is 23.5. The average Bonchev–Trinajstić information content (AvgIpc) is 2.19. The Bertz CT molecular complexity index is 424. The minimum Gasteiger partial charge on any atom is -0.390 e. The summed E-state index contributed by atoms with van der Waals surface area (Å²) in [7, 11) is 0. The van der Waals surface area contributed by atoms with Gasteiger partial charge in [-0.2, -0.15) is 0 Å². The van der Waals surface area contributed by atoms with Crippen LogP contribution in [0.2, 0.25) is 0 Å². The summed E-state index contributed by atoms with van der Waals surface area (Å²) >= 11 is 0. The molecule has 0 aromatic rings. The highest BCUT2D eigenvalue weighted by molar-refractivity contribution is 4.93. The summed E-state index contributed by atoms with van der Waals surface area (Å²) in [5.41, 5.74) is -2.84. The summed E-state index contributed by atoms with van der Waals surface area (Å²) in [6.07, 6.45) is 1.91. The largest absolute Gasteiger partial charge is 0.390 e. The van der Waals surface area contributed by atoms with Crippen LogP contribution in [0.15, 0.2) is 0 Å². The Morgan fingerprint density at radius 2 is 1.04 bits per heavy atom. The third kappa shape index (κ3) is 8.85. The van der Waals surface area contributed by atoms with Crippen molar-refractivity contribution in [3.05, 3.63) is 0 Å². The zero-order valence-corrected chi connectivity index (χ0v) is 18.8. The Hall–Kier alpha value is -0.160. The van der Waals surface area contributed by atoms with Crippen LogP contribution in [0.5, 0.6) is 0 Å². The van der Waals surface area contributed by atoms with E-state index in [1.807, 2.05) is 48.5 Å². The van der Waals surface area contributed by atoms with Crippen molar-refractivity contribution in [2.75, 3.05) is 0 Å². The number of hydrogen-bond acceptors (Lipinski definition) is 4. The fraction of sp³-hybridized carbons (Fsp3) is 1.00. The van der Waals surface area contributed by atoms with Gasteiger partial charge in [0.2, 0.25) is 0 Å². The lowest BCUT2D eigenvalue weighted by Gasteiger charge is -2.50. The summed E-state index contributed by atoms with van der Waals surface area (Å²) in [4.78, 5) is 0. The van der Waals surface area contributed by atoms with E-state index in [4.69, 9.17) is 9.47 Å². The fourth-order valence-corrected chi connectivity index (χ4v) is 3.81. The summed E-state index contributed by atoms with van der Waals surface area (Å²) in [5, 5.41) is 20.5. The quantitative estimate of drug-likeness (QED) is 0.535. The molecular weight excluding hydrogens is 316 g/mol. The van der Waals surface area contributed by atoms with E-state index in [-0.39, 0.29) is 5.41 Å². The monoisotopic (exact) mass is 360 g/mol. The first kappa shape index (κ1) is 24.8. The molecule has 0 aliphatic heterocycles. The van der Waals surface area contributed by atoms with Crippen LogP contribution in [0.25, 0.3) is 0 Å². The summed E-state index contributed by atoms with van der Waals surface area (Å²) in [6, 6.07) is 0. The molecule has 0 aliphatic rings. The van der Waals surface area contributed by atoms with Gasteiger partial charge in [0.25, 0.3) is 0 Å². The van der Waals surface area contributed by atoms with Gasteiger partial charge < -0.3 is 19.7 Å². The van der Waals surface area contributed by atoms with Gasteiger partial charge in [0.1, 0.15) is 0 Å². The number of ether oxygens (including phenoxy) is 2. The van der Waals surface area contributed by atoms with Crippen LogP contribution < -0.4 is 0 Å². The molecule has 0 radical (unpaired) electrons. The van der Waals surface area contributed by atoms with Crippen molar-refractivity contribution in [3.8, 4) is 0 Å². The Balaban J connectivity index is 5.33. The highest BCUT2D eigenvalue weighted by Crippen LogP contribution is 2.44. The number of hydrogen-bond donors (Lipinski definition) is 2. The van der Waals surface area contributed by atoms with Gasteiger partial charge in [-0.15, -0.1) is 0 Å². The first-order chi connectivity index (χ1) is 10.6. The molecule has 0 bridgehead atoms. The molecule has 0 rings (SSSR count). The van der Waals surface area contributed by atoms with Crippen LogP contribution in [-0.2, 0) is 9.47 Å². The zero-order valence-electron chi connectivity index (χ0n) is 18.8. The van der Waals surface area contributed by atoms with E-state index in [1.165, 1.54) is 0 Å². The molecule has 0 amide bonds. The predicted molar refractivity (Wildman–Crippen MR) is 105 cm³/mol. The normalized spacial score (nSPS) is 17.5. The first-order valence-electron chi connectivity index (χ1n) is 9.49. The predicted octanol–water partition coefficient (Wildman–Crippen LogP) is 5.05. The number of rotatable bonds is 10. The van der Waals surface area contributed by atoms with Crippen LogP contribution in [0.1, 0.15) is 102 Å². The minimum atomic E-state index is -0.823. The lowest BCUT2D eigenvalue weighted by Crippen LogP contribution is -2.53. The Labute approximate surface area is 156 Å². The second kappa shape index (κ2) is 7.46. The van der Waals surface area contributed by atoms with E-state index in [0.29, 0.717) is 12.8 Å². The lowest BCUT2D eigenvalue weighted by molar-refractivity contribution is -0.326. The molecule has 4 nitrogen and oxygen atoms in total. The Morgan fingerprint density at radius 3 is 1.36 bits per heavy atom. The molecule has 25 heavy (non-hydrogen) atoms. The molecule has 0 aromatic heterocycles. The van der Waals surface area contributed by atoms with Gasteiger partial charge in [-0.25, -0.2) is 0 Å². The molecule has 1 atom stereocenters. The van der Waals surface area contributed by atoms with E-state index >= 15 is 0 Å². The fourth-order valence-electron chi connectivity index (χ4n) is 3.81. The average molecular weight is 361 g/mol. The molecule has 0 fully saturated rings. The topological polar surface area (TPSA) is 58.9 Å². The first-order valence-corrected chi connectivity index (χ1v) is 9.49. The molecule has 0 saturated carbocycles.